The van der Waals surface area contributed by atoms with E-state index in [2.05, 4.69) is 66.8 Å². The first kappa shape index (κ1) is 14.4. The summed E-state index contributed by atoms with van der Waals surface area (Å²) in [7, 11) is 0. The van der Waals surface area contributed by atoms with Crippen molar-refractivity contribution in [1.29, 1.82) is 0 Å². The summed E-state index contributed by atoms with van der Waals surface area (Å²) < 4.78 is 0. The normalized spacial score (nSPS) is 21.9. The fourth-order valence-corrected chi connectivity index (χ4v) is 3.46. The standard InChI is InChI=1S/C16H17NS.ClH/c1-12-11-18-15-10-6-5-9-14(15)16(17-12)13-7-3-2-4-8-13;/h2-10,12,16-17H,11H2,1H3;1H. The van der Waals surface area contributed by atoms with Gasteiger partial charge in [0.25, 0.3) is 0 Å². The van der Waals surface area contributed by atoms with Crippen LogP contribution in [0.4, 0.5) is 0 Å². The Morgan fingerprint density at radius 1 is 1.00 bits per heavy atom. The summed E-state index contributed by atoms with van der Waals surface area (Å²) in [5, 5.41) is 3.73. The van der Waals surface area contributed by atoms with Gasteiger partial charge in [0.1, 0.15) is 0 Å². The maximum Gasteiger partial charge on any atom is 0.0590 e. The molecule has 3 rings (SSSR count). The highest BCUT2D eigenvalue weighted by Crippen LogP contribution is 2.34. The van der Waals surface area contributed by atoms with Gasteiger partial charge in [-0.3, -0.25) is 0 Å². The zero-order chi connectivity index (χ0) is 12.4. The molecule has 19 heavy (non-hydrogen) atoms. The van der Waals surface area contributed by atoms with E-state index in [0.717, 1.165) is 5.75 Å². The van der Waals surface area contributed by atoms with Gasteiger partial charge >= 0.3 is 0 Å². The van der Waals surface area contributed by atoms with E-state index in [1.165, 1.54) is 16.0 Å². The van der Waals surface area contributed by atoms with E-state index >= 15 is 0 Å². The third-order valence-electron chi connectivity index (χ3n) is 3.30. The van der Waals surface area contributed by atoms with Crippen molar-refractivity contribution in [2.24, 2.45) is 0 Å². The second kappa shape index (κ2) is 6.47. The van der Waals surface area contributed by atoms with E-state index in [1.807, 2.05) is 11.8 Å². The first-order chi connectivity index (χ1) is 8.84. The lowest BCUT2D eigenvalue weighted by molar-refractivity contribution is 0.535. The van der Waals surface area contributed by atoms with Gasteiger partial charge in [0, 0.05) is 16.7 Å². The van der Waals surface area contributed by atoms with Crippen molar-refractivity contribution in [2.75, 3.05) is 5.75 Å². The minimum absolute atomic E-state index is 0. The Balaban J connectivity index is 0.00000133. The van der Waals surface area contributed by atoms with Crippen LogP contribution in [0.1, 0.15) is 24.1 Å². The summed E-state index contributed by atoms with van der Waals surface area (Å²) in [4.78, 5) is 1.41. The molecule has 0 saturated heterocycles. The zero-order valence-corrected chi connectivity index (χ0v) is 12.5. The zero-order valence-electron chi connectivity index (χ0n) is 10.9. The molecule has 0 spiro atoms. The monoisotopic (exact) mass is 291 g/mol. The van der Waals surface area contributed by atoms with Gasteiger partial charge in [-0.1, -0.05) is 48.5 Å². The molecule has 2 aromatic rings. The minimum atomic E-state index is 0. The Hall–Kier alpha value is -0.960. The summed E-state index contributed by atoms with van der Waals surface area (Å²) in [6.07, 6.45) is 0. The Morgan fingerprint density at radius 2 is 1.68 bits per heavy atom. The van der Waals surface area contributed by atoms with Crippen molar-refractivity contribution >= 4 is 24.2 Å². The second-order valence-electron chi connectivity index (χ2n) is 4.76. The third-order valence-corrected chi connectivity index (χ3v) is 4.65. The van der Waals surface area contributed by atoms with Gasteiger partial charge in [-0.2, -0.15) is 0 Å². The first-order valence-electron chi connectivity index (χ1n) is 6.37. The summed E-state index contributed by atoms with van der Waals surface area (Å²) in [5.74, 6) is 1.13. The van der Waals surface area contributed by atoms with E-state index in [1.54, 1.807) is 0 Å². The molecule has 1 N–H and O–H groups in total. The molecule has 0 amide bonds. The van der Waals surface area contributed by atoms with E-state index in [-0.39, 0.29) is 12.4 Å². The summed E-state index contributed by atoms with van der Waals surface area (Å²) in [6, 6.07) is 20.3. The van der Waals surface area contributed by atoms with Crippen molar-refractivity contribution in [3.63, 3.8) is 0 Å². The largest absolute Gasteiger partial charge is 0.303 e. The lowest BCUT2D eigenvalue weighted by Gasteiger charge is -2.21. The van der Waals surface area contributed by atoms with E-state index < -0.39 is 0 Å². The number of halogens is 1. The highest BCUT2D eigenvalue weighted by Gasteiger charge is 2.22. The van der Waals surface area contributed by atoms with Crippen molar-refractivity contribution in [1.82, 2.24) is 5.32 Å². The smallest absolute Gasteiger partial charge is 0.0590 e. The van der Waals surface area contributed by atoms with Crippen LogP contribution in [0.3, 0.4) is 0 Å². The molecule has 0 radical (unpaired) electrons. The minimum Gasteiger partial charge on any atom is -0.303 e. The molecule has 0 bridgehead atoms. The molecule has 2 unspecified atom stereocenters. The van der Waals surface area contributed by atoms with Crippen LogP contribution in [0.2, 0.25) is 0 Å². The molecule has 1 aliphatic rings. The molecule has 2 aromatic carbocycles. The molecule has 2 atom stereocenters. The average molecular weight is 292 g/mol. The predicted octanol–water partition coefficient (Wildman–Crippen LogP) is 4.28. The molecule has 0 fully saturated rings. The molecule has 100 valence electrons. The molecule has 0 aromatic heterocycles. The third kappa shape index (κ3) is 3.14. The van der Waals surface area contributed by atoms with Gasteiger partial charge in [-0.25, -0.2) is 0 Å². The average Bonchev–Trinajstić information content (AvgIpc) is 2.60. The first-order valence-corrected chi connectivity index (χ1v) is 7.36. The van der Waals surface area contributed by atoms with E-state index in [9.17, 15) is 0 Å². The van der Waals surface area contributed by atoms with Gasteiger partial charge < -0.3 is 5.32 Å². The molecule has 3 heteroatoms. The Kier molecular flexibility index (Phi) is 4.92. The van der Waals surface area contributed by atoms with Crippen LogP contribution in [0.25, 0.3) is 0 Å². The Labute approximate surface area is 125 Å². The van der Waals surface area contributed by atoms with Crippen molar-refractivity contribution in [3.05, 3.63) is 65.7 Å². The fourth-order valence-electron chi connectivity index (χ4n) is 2.41. The van der Waals surface area contributed by atoms with Crippen LogP contribution < -0.4 is 5.32 Å². The number of hydrogen-bond donors (Lipinski definition) is 1. The van der Waals surface area contributed by atoms with E-state index in [4.69, 9.17) is 0 Å². The van der Waals surface area contributed by atoms with Crippen LogP contribution in [0.5, 0.6) is 0 Å². The topological polar surface area (TPSA) is 12.0 Å². The number of rotatable bonds is 1. The van der Waals surface area contributed by atoms with Crippen LogP contribution in [-0.4, -0.2) is 11.8 Å². The van der Waals surface area contributed by atoms with Crippen LogP contribution in [0.15, 0.2) is 59.5 Å². The lowest BCUT2D eigenvalue weighted by Crippen LogP contribution is -2.31. The van der Waals surface area contributed by atoms with Crippen molar-refractivity contribution in [2.45, 2.75) is 23.9 Å². The quantitative estimate of drug-likeness (QED) is 0.841. The molecular weight excluding hydrogens is 274 g/mol. The van der Waals surface area contributed by atoms with Crippen LogP contribution in [0, 0.1) is 0 Å². The number of nitrogens with one attached hydrogen (secondary N) is 1. The van der Waals surface area contributed by atoms with Crippen LogP contribution >= 0.6 is 24.2 Å². The van der Waals surface area contributed by atoms with Gasteiger partial charge in [-0.15, -0.1) is 24.2 Å². The number of hydrogen-bond acceptors (Lipinski definition) is 2. The molecule has 1 aliphatic heterocycles. The number of fused-ring (bicyclic) bond motifs is 1. The lowest BCUT2D eigenvalue weighted by atomic mass is 9.98. The SMILES string of the molecule is CC1CSc2ccccc2C(c2ccccc2)N1.Cl. The van der Waals surface area contributed by atoms with Crippen molar-refractivity contribution < 1.29 is 0 Å². The highest BCUT2D eigenvalue weighted by atomic mass is 35.5. The summed E-state index contributed by atoms with van der Waals surface area (Å²) in [6.45, 7) is 2.26. The molecule has 0 saturated carbocycles. The maximum absolute atomic E-state index is 3.73. The summed E-state index contributed by atoms with van der Waals surface area (Å²) in [5.41, 5.74) is 2.75. The van der Waals surface area contributed by atoms with Crippen molar-refractivity contribution in [3.8, 4) is 0 Å². The fraction of sp³-hybridized carbons (Fsp3) is 0.250. The summed E-state index contributed by atoms with van der Waals surface area (Å²) >= 11 is 1.95. The van der Waals surface area contributed by atoms with Gasteiger partial charge in [0.2, 0.25) is 0 Å². The van der Waals surface area contributed by atoms with E-state index in [0.29, 0.717) is 12.1 Å². The maximum atomic E-state index is 3.73. The predicted molar refractivity (Wildman–Crippen MR) is 85.3 cm³/mol. The van der Waals surface area contributed by atoms with Gasteiger partial charge in [0.05, 0.1) is 6.04 Å². The molecular formula is C16H18ClNS. The molecule has 0 aliphatic carbocycles. The van der Waals surface area contributed by atoms with Gasteiger partial charge in [-0.05, 0) is 24.1 Å². The number of benzene rings is 2. The number of thioether (sulfide) groups is 1. The highest BCUT2D eigenvalue weighted by molar-refractivity contribution is 7.99. The molecule has 1 heterocycles. The molecule has 1 nitrogen and oxygen atoms in total. The van der Waals surface area contributed by atoms with Crippen LogP contribution in [-0.2, 0) is 0 Å². The van der Waals surface area contributed by atoms with Gasteiger partial charge in [0.15, 0.2) is 0 Å². The second-order valence-corrected chi connectivity index (χ2v) is 5.82. The Morgan fingerprint density at radius 3 is 2.47 bits per heavy atom. The Bertz CT molecular complexity index is 529.